The molecule has 2 atom stereocenters. The van der Waals surface area contributed by atoms with Crippen LogP contribution < -0.4 is 0 Å². The van der Waals surface area contributed by atoms with Gasteiger partial charge in [0.25, 0.3) is 0 Å². The van der Waals surface area contributed by atoms with E-state index in [2.05, 4.69) is 4.98 Å². The van der Waals surface area contributed by atoms with Gasteiger partial charge in [-0.25, -0.2) is 0 Å². The van der Waals surface area contributed by atoms with Gasteiger partial charge in [0.1, 0.15) is 0 Å². The smallest absolute Gasteiger partial charge is 0.306 e. The molecule has 82 valence electrons. The number of aryl methyl sites for hydroxylation is 2. The van der Waals surface area contributed by atoms with Crippen molar-refractivity contribution in [3.8, 4) is 0 Å². The Bertz CT molecular complexity index is 374. The molecule has 15 heavy (non-hydrogen) atoms. The summed E-state index contributed by atoms with van der Waals surface area (Å²) < 4.78 is 0. The standard InChI is InChI=1S/C12H17NO2/c1-7-5-11(6-13-10(7)4)8(2)9(3)12(14)15/h5-6,8-9H,1-4H3,(H,14,15). The second-order valence-electron chi connectivity index (χ2n) is 4.09. The Labute approximate surface area is 90.2 Å². The summed E-state index contributed by atoms with van der Waals surface area (Å²) in [4.78, 5) is 15.1. The Hall–Kier alpha value is -1.38. The number of rotatable bonds is 3. The first-order valence-corrected chi connectivity index (χ1v) is 5.09. The quantitative estimate of drug-likeness (QED) is 0.828. The van der Waals surface area contributed by atoms with E-state index in [0.29, 0.717) is 0 Å². The summed E-state index contributed by atoms with van der Waals surface area (Å²) in [6.45, 7) is 7.58. The van der Waals surface area contributed by atoms with Crippen LogP contribution in [0.3, 0.4) is 0 Å². The van der Waals surface area contributed by atoms with E-state index in [1.165, 1.54) is 0 Å². The van der Waals surface area contributed by atoms with Crippen LogP contribution >= 0.6 is 0 Å². The lowest BCUT2D eigenvalue weighted by molar-refractivity contribution is -0.141. The van der Waals surface area contributed by atoms with Gasteiger partial charge in [-0.3, -0.25) is 9.78 Å². The Morgan fingerprint density at radius 3 is 2.47 bits per heavy atom. The second-order valence-corrected chi connectivity index (χ2v) is 4.09. The first-order chi connectivity index (χ1) is 6.93. The van der Waals surface area contributed by atoms with Gasteiger partial charge in [-0.1, -0.05) is 19.9 Å². The maximum Gasteiger partial charge on any atom is 0.306 e. The van der Waals surface area contributed by atoms with Crippen molar-refractivity contribution in [2.75, 3.05) is 0 Å². The number of aromatic nitrogens is 1. The number of carbonyl (C=O) groups is 1. The zero-order chi connectivity index (χ0) is 11.6. The fraction of sp³-hybridized carbons (Fsp3) is 0.500. The van der Waals surface area contributed by atoms with E-state index in [9.17, 15) is 4.79 Å². The van der Waals surface area contributed by atoms with Crippen LogP contribution in [0.2, 0.25) is 0 Å². The zero-order valence-electron chi connectivity index (χ0n) is 9.61. The van der Waals surface area contributed by atoms with Gasteiger partial charge >= 0.3 is 5.97 Å². The topological polar surface area (TPSA) is 50.2 Å². The summed E-state index contributed by atoms with van der Waals surface area (Å²) >= 11 is 0. The monoisotopic (exact) mass is 207 g/mol. The molecule has 0 spiro atoms. The first-order valence-electron chi connectivity index (χ1n) is 5.09. The molecular weight excluding hydrogens is 190 g/mol. The predicted octanol–water partition coefficient (Wildman–Crippen LogP) is 2.52. The molecule has 1 rings (SSSR count). The summed E-state index contributed by atoms with van der Waals surface area (Å²) in [5.41, 5.74) is 3.10. The van der Waals surface area contributed by atoms with Gasteiger partial charge in [-0.15, -0.1) is 0 Å². The largest absolute Gasteiger partial charge is 0.481 e. The molecular formula is C12H17NO2. The summed E-state index contributed by atoms with van der Waals surface area (Å²) in [6, 6.07) is 2.02. The third-order valence-electron chi connectivity index (χ3n) is 3.03. The van der Waals surface area contributed by atoms with Crippen molar-refractivity contribution in [1.82, 2.24) is 4.98 Å². The molecule has 0 bridgehead atoms. The summed E-state index contributed by atoms with van der Waals surface area (Å²) in [6.07, 6.45) is 1.77. The van der Waals surface area contributed by atoms with Crippen molar-refractivity contribution in [1.29, 1.82) is 0 Å². The van der Waals surface area contributed by atoms with Crippen LogP contribution in [0.5, 0.6) is 0 Å². The lowest BCUT2D eigenvalue weighted by atomic mass is 9.89. The summed E-state index contributed by atoms with van der Waals surface area (Å²) in [7, 11) is 0. The van der Waals surface area contributed by atoms with Gasteiger partial charge in [0.2, 0.25) is 0 Å². The second kappa shape index (κ2) is 4.43. The molecule has 0 aliphatic carbocycles. The van der Waals surface area contributed by atoms with Gasteiger partial charge in [0.05, 0.1) is 5.92 Å². The molecule has 0 saturated carbocycles. The first kappa shape index (κ1) is 11.7. The van der Waals surface area contributed by atoms with Crippen LogP contribution in [-0.2, 0) is 4.79 Å². The van der Waals surface area contributed by atoms with Crippen molar-refractivity contribution < 1.29 is 9.90 Å². The SMILES string of the molecule is Cc1cc(C(C)C(C)C(=O)O)cnc1C. The predicted molar refractivity (Wildman–Crippen MR) is 58.9 cm³/mol. The number of pyridine rings is 1. The number of hydrogen-bond donors (Lipinski definition) is 1. The third-order valence-corrected chi connectivity index (χ3v) is 3.03. The van der Waals surface area contributed by atoms with Crippen LogP contribution in [0.15, 0.2) is 12.3 Å². The Kier molecular flexibility index (Phi) is 3.45. The number of aliphatic carboxylic acids is 1. The average Bonchev–Trinajstić information content (AvgIpc) is 2.19. The zero-order valence-corrected chi connectivity index (χ0v) is 9.61. The van der Waals surface area contributed by atoms with Crippen molar-refractivity contribution >= 4 is 5.97 Å². The number of nitrogens with zero attached hydrogens (tertiary/aromatic N) is 1. The Morgan fingerprint density at radius 1 is 1.40 bits per heavy atom. The molecule has 1 aromatic heterocycles. The fourth-order valence-corrected chi connectivity index (χ4v) is 1.42. The molecule has 0 aliphatic rings. The minimum atomic E-state index is -0.763. The molecule has 1 aromatic rings. The van der Waals surface area contributed by atoms with Gasteiger partial charge in [-0.05, 0) is 30.9 Å². The third kappa shape index (κ3) is 2.55. The highest BCUT2D eigenvalue weighted by Crippen LogP contribution is 2.24. The van der Waals surface area contributed by atoms with Crippen LogP contribution in [-0.4, -0.2) is 16.1 Å². The highest BCUT2D eigenvalue weighted by molar-refractivity contribution is 5.70. The molecule has 2 unspecified atom stereocenters. The van der Waals surface area contributed by atoms with E-state index in [1.54, 1.807) is 13.1 Å². The minimum Gasteiger partial charge on any atom is -0.481 e. The summed E-state index contributed by atoms with van der Waals surface area (Å²) in [5, 5.41) is 8.92. The van der Waals surface area contributed by atoms with E-state index < -0.39 is 5.97 Å². The number of hydrogen-bond acceptors (Lipinski definition) is 2. The molecule has 3 nitrogen and oxygen atoms in total. The molecule has 1 heterocycles. The fourth-order valence-electron chi connectivity index (χ4n) is 1.42. The van der Waals surface area contributed by atoms with Gasteiger partial charge in [-0.2, -0.15) is 0 Å². The van der Waals surface area contributed by atoms with Crippen molar-refractivity contribution in [2.45, 2.75) is 33.6 Å². The van der Waals surface area contributed by atoms with E-state index in [0.717, 1.165) is 16.8 Å². The van der Waals surface area contributed by atoms with Crippen LogP contribution in [0.4, 0.5) is 0 Å². The van der Waals surface area contributed by atoms with Crippen molar-refractivity contribution in [3.05, 3.63) is 29.1 Å². The number of carboxylic acid groups (broad SMARTS) is 1. The molecule has 0 aliphatic heterocycles. The molecule has 3 heteroatoms. The van der Waals surface area contributed by atoms with E-state index >= 15 is 0 Å². The van der Waals surface area contributed by atoms with E-state index in [1.807, 2.05) is 26.8 Å². The Balaban J connectivity index is 2.96. The van der Waals surface area contributed by atoms with E-state index in [4.69, 9.17) is 5.11 Å². The van der Waals surface area contributed by atoms with Crippen LogP contribution in [0, 0.1) is 19.8 Å². The minimum absolute atomic E-state index is 0.00528. The molecule has 0 fully saturated rings. The van der Waals surface area contributed by atoms with Crippen molar-refractivity contribution in [3.63, 3.8) is 0 Å². The molecule has 0 amide bonds. The maximum atomic E-state index is 10.8. The van der Waals surface area contributed by atoms with Gasteiger partial charge in [0, 0.05) is 11.9 Å². The van der Waals surface area contributed by atoms with Crippen LogP contribution in [0.25, 0.3) is 0 Å². The lowest BCUT2D eigenvalue weighted by Gasteiger charge is -2.16. The normalized spacial score (nSPS) is 14.7. The number of carboxylic acids is 1. The lowest BCUT2D eigenvalue weighted by Crippen LogP contribution is -2.17. The molecule has 0 radical (unpaired) electrons. The summed E-state index contributed by atoms with van der Waals surface area (Å²) in [5.74, 6) is -1.15. The molecule has 0 aromatic carbocycles. The molecule has 1 N–H and O–H groups in total. The molecule has 0 saturated heterocycles. The van der Waals surface area contributed by atoms with E-state index in [-0.39, 0.29) is 11.8 Å². The van der Waals surface area contributed by atoms with Crippen LogP contribution in [0.1, 0.15) is 36.6 Å². The van der Waals surface area contributed by atoms with Gasteiger partial charge in [0.15, 0.2) is 0 Å². The maximum absolute atomic E-state index is 10.8. The highest BCUT2D eigenvalue weighted by atomic mass is 16.4. The Morgan fingerprint density at radius 2 is 2.00 bits per heavy atom. The average molecular weight is 207 g/mol. The van der Waals surface area contributed by atoms with Gasteiger partial charge < -0.3 is 5.11 Å². The highest BCUT2D eigenvalue weighted by Gasteiger charge is 2.21. The van der Waals surface area contributed by atoms with Crippen molar-refractivity contribution in [2.24, 2.45) is 5.92 Å².